The number of hydrogen-bond acceptors (Lipinski definition) is 3. The molecule has 2 N–H and O–H groups in total. The highest BCUT2D eigenvalue weighted by molar-refractivity contribution is 9.11. The first-order valence-corrected chi connectivity index (χ1v) is 6.64. The van der Waals surface area contributed by atoms with Crippen LogP contribution >= 0.6 is 31.9 Å². The molecule has 0 amide bonds. The van der Waals surface area contributed by atoms with Gasteiger partial charge >= 0.3 is 0 Å². The van der Waals surface area contributed by atoms with Gasteiger partial charge in [-0.05, 0) is 46.3 Å². The number of nitrogens with one attached hydrogen (secondary N) is 2. The zero-order valence-electron chi connectivity index (χ0n) is 9.17. The molecule has 1 aromatic carbocycles. The van der Waals surface area contributed by atoms with Crippen molar-refractivity contribution in [1.29, 1.82) is 0 Å². The van der Waals surface area contributed by atoms with Gasteiger partial charge in [0.2, 0.25) is 0 Å². The van der Waals surface area contributed by atoms with Crippen molar-refractivity contribution in [2.75, 3.05) is 17.7 Å². The van der Waals surface area contributed by atoms with Crippen LogP contribution in [0.3, 0.4) is 0 Å². The molecule has 0 aliphatic heterocycles. The summed E-state index contributed by atoms with van der Waals surface area (Å²) in [4.78, 5) is 4.40. The second kappa shape index (κ2) is 5.51. The summed E-state index contributed by atoms with van der Waals surface area (Å²) >= 11 is 6.93. The van der Waals surface area contributed by atoms with Crippen LogP contribution in [-0.2, 0) is 0 Å². The topological polar surface area (TPSA) is 37.0 Å². The number of rotatable bonds is 3. The molecule has 0 unspecified atom stereocenters. The highest BCUT2D eigenvalue weighted by Crippen LogP contribution is 2.28. The van der Waals surface area contributed by atoms with Crippen LogP contribution in [0.15, 0.2) is 45.3 Å². The summed E-state index contributed by atoms with van der Waals surface area (Å²) < 4.78 is 2.02. The van der Waals surface area contributed by atoms with E-state index in [1.54, 1.807) is 0 Å². The van der Waals surface area contributed by atoms with Gasteiger partial charge in [-0.15, -0.1) is 0 Å². The summed E-state index contributed by atoms with van der Waals surface area (Å²) in [5.41, 5.74) is 0.981. The Morgan fingerprint density at radius 1 is 1.06 bits per heavy atom. The van der Waals surface area contributed by atoms with Gasteiger partial charge in [0.25, 0.3) is 0 Å². The number of hydrogen-bond donors (Lipinski definition) is 2. The first kappa shape index (κ1) is 12.4. The van der Waals surface area contributed by atoms with Crippen LogP contribution in [0.2, 0.25) is 0 Å². The Morgan fingerprint density at radius 2 is 1.82 bits per heavy atom. The summed E-state index contributed by atoms with van der Waals surface area (Å²) in [5.74, 6) is 1.64. The second-order valence-electron chi connectivity index (χ2n) is 3.41. The van der Waals surface area contributed by atoms with Crippen molar-refractivity contribution in [3.05, 3.63) is 45.3 Å². The summed E-state index contributed by atoms with van der Waals surface area (Å²) in [5, 5.41) is 6.26. The van der Waals surface area contributed by atoms with Crippen LogP contribution < -0.4 is 10.6 Å². The number of pyridine rings is 1. The molecular formula is C12H11Br2N3. The first-order chi connectivity index (χ1) is 8.19. The highest BCUT2D eigenvalue weighted by atomic mass is 79.9. The molecule has 2 aromatic rings. The lowest BCUT2D eigenvalue weighted by Gasteiger charge is -2.09. The molecular weight excluding hydrogens is 346 g/mol. The fourth-order valence-corrected chi connectivity index (χ4v) is 2.52. The highest BCUT2D eigenvalue weighted by Gasteiger charge is 2.02. The Balaban J connectivity index is 2.25. The van der Waals surface area contributed by atoms with E-state index in [-0.39, 0.29) is 0 Å². The molecule has 0 aliphatic carbocycles. The lowest BCUT2D eigenvalue weighted by atomic mass is 10.3. The quantitative estimate of drug-likeness (QED) is 0.856. The Hall–Kier alpha value is -1.07. The van der Waals surface area contributed by atoms with Crippen LogP contribution in [0, 0.1) is 0 Å². The molecule has 1 heterocycles. The molecule has 17 heavy (non-hydrogen) atoms. The van der Waals surface area contributed by atoms with E-state index in [0.29, 0.717) is 0 Å². The fourth-order valence-electron chi connectivity index (χ4n) is 1.37. The van der Waals surface area contributed by atoms with Gasteiger partial charge in [0.05, 0.1) is 5.69 Å². The smallest absolute Gasteiger partial charge is 0.132 e. The van der Waals surface area contributed by atoms with Gasteiger partial charge in [-0.1, -0.05) is 22.0 Å². The summed E-state index contributed by atoms with van der Waals surface area (Å²) in [7, 11) is 1.85. The molecule has 0 spiro atoms. The standard InChI is InChI=1S/C12H11Br2N3/c1-15-11-3-2-4-12(17-11)16-10-6-5-8(13)7-9(10)14/h2-7H,1H3,(H2,15,16,17). The van der Waals surface area contributed by atoms with Gasteiger partial charge in [-0.3, -0.25) is 0 Å². The van der Waals surface area contributed by atoms with E-state index in [9.17, 15) is 0 Å². The lowest BCUT2D eigenvalue weighted by Crippen LogP contribution is -1.97. The zero-order valence-corrected chi connectivity index (χ0v) is 12.3. The van der Waals surface area contributed by atoms with Crippen molar-refractivity contribution in [3.63, 3.8) is 0 Å². The van der Waals surface area contributed by atoms with Gasteiger partial charge in [-0.25, -0.2) is 4.98 Å². The van der Waals surface area contributed by atoms with Gasteiger partial charge < -0.3 is 10.6 Å². The van der Waals surface area contributed by atoms with E-state index in [1.165, 1.54) is 0 Å². The van der Waals surface area contributed by atoms with Crippen molar-refractivity contribution in [2.24, 2.45) is 0 Å². The molecule has 0 saturated carbocycles. The second-order valence-corrected chi connectivity index (χ2v) is 5.18. The zero-order chi connectivity index (χ0) is 12.3. The van der Waals surface area contributed by atoms with Crippen molar-refractivity contribution in [2.45, 2.75) is 0 Å². The van der Waals surface area contributed by atoms with Crippen molar-refractivity contribution in [3.8, 4) is 0 Å². The third kappa shape index (κ3) is 3.20. The van der Waals surface area contributed by atoms with Crippen molar-refractivity contribution in [1.82, 2.24) is 4.98 Å². The first-order valence-electron chi connectivity index (χ1n) is 5.06. The average molecular weight is 357 g/mol. The van der Waals surface area contributed by atoms with Gasteiger partial charge in [0.1, 0.15) is 11.6 Å². The molecule has 5 heteroatoms. The Labute approximate surface area is 117 Å². The fraction of sp³-hybridized carbons (Fsp3) is 0.0833. The van der Waals surface area contributed by atoms with Crippen molar-refractivity contribution < 1.29 is 0 Å². The molecule has 2 rings (SSSR count). The molecule has 3 nitrogen and oxygen atoms in total. The molecule has 0 saturated heterocycles. The summed E-state index contributed by atoms with van der Waals surface area (Å²) in [6.45, 7) is 0. The average Bonchev–Trinajstić information content (AvgIpc) is 2.33. The van der Waals surface area contributed by atoms with E-state index >= 15 is 0 Å². The minimum absolute atomic E-state index is 0.805. The molecule has 0 atom stereocenters. The monoisotopic (exact) mass is 355 g/mol. The van der Waals surface area contributed by atoms with Crippen LogP contribution in [0.4, 0.5) is 17.3 Å². The summed E-state index contributed by atoms with van der Waals surface area (Å²) in [6.07, 6.45) is 0. The lowest BCUT2D eigenvalue weighted by molar-refractivity contribution is 1.27. The Kier molecular flexibility index (Phi) is 4.02. The molecule has 0 aliphatic rings. The predicted octanol–water partition coefficient (Wildman–Crippen LogP) is 4.39. The van der Waals surface area contributed by atoms with Crippen LogP contribution in [0.25, 0.3) is 0 Å². The van der Waals surface area contributed by atoms with Crippen molar-refractivity contribution >= 4 is 49.2 Å². The third-order valence-electron chi connectivity index (χ3n) is 2.20. The minimum Gasteiger partial charge on any atom is -0.373 e. The minimum atomic E-state index is 0.805. The van der Waals surface area contributed by atoms with E-state index in [2.05, 4.69) is 47.5 Å². The maximum absolute atomic E-state index is 4.40. The maximum Gasteiger partial charge on any atom is 0.132 e. The van der Waals surface area contributed by atoms with Gasteiger partial charge in [-0.2, -0.15) is 0 Å². The van der Waals surface area contributed by atoms with Gasteiger partial charge in [0.15, 0.2) is 0 Å². The summed E-state index contributed by atoms with van der Waals surface area (Å²) in [6, 6.07) is 11.8. The van der Waals surface area contributed by atoms with E-state index in [1.807, 2.05) is 43.4 Å². The van der Waals surface area contributed by atoms with Crippen LogP contribution in [-0.4, -0.2) is 12.0 Å². The Bertz CT molecular complexity index is 529. The number of benzene rings is 1. The number of nitrogens with zero attached hydrogens (tertiary/aromatic N) is 1. The van der Waals surface area contributed by atoms with Crippen LogP contribution in [0.1, 0.15) is 0 Å². The molecule has 0 fully saturated rings. The normalized spacial score (nSPS) is 10.1. The van der Waals surface area contributed by atoms with E-state index in [4.69, 9.17) is 0 Å². The number of aromatic nitrogens is 1. The SMILES string of the molecule is CNc1cccc(Nc2ccc(Br)cc2Br)n1. The van der Waals surface area contributed by atoms with E-state index in [0.717, 1.165) is 26.3 Å². The third-order valence-corrected chi connectivity index (χ3v) is 3.35. The van der Waals surface area contributed by atoms with Crippen LogP contribution in [0.5, 0.6) is 0 Å². The molecule has 0 radical (unpaired) electrons. The van der Waals surface area contributed by atoms with E-state index < -0.39 is 0 Å². The maximum atomic E-state index is 4.40. The largest absolute Gasteiger partial charge is 0.373 e. The number of anilines is 3. The number of halogens is 2. The molecule has 88 valence electrons. The Morgan fingerprint density at radius 3 is 2.53 bits per heavy atom. The molecule has 0 bridgehead atoms. The predicted molar refractivity (Wildman–Crippen MR) is 78.9 cm³/mol. The van der Waals surface area contributed by atoms with Gasteiger partial charge in [0, 0.05) is 16.0 Å². The molecule has 1 aromatic heterocycles.